The molecule has 0 atom stereocenters. The zero-order valence-corrected chi connectivity index (χ0v) is 10.0. The van der Waals surface area contributed by atoms with Crippen LogP contribution in [0.1, 0.15) is 29.5 Å². The first-order chi connectivity index (χ1) is 7.16. The third-order valence-corrected chi connectivity index (χ3v) is 3.34. The summed E-state index contributed by atoms with van der Waals surface area (Å²) in [6.45, 7) is 0. The molecule has 1 N–H and O–H groups in total. The molecule has 0 aliphatic heterocycles. The summed E-state index contributed by atoms with van der Waals surface area (Å²) < 4.78 is 1.07. The minimum absolute atomic E-state index is 0.225. The van der Waals surface area contributed by atoms with E-state index in [0.29, 0.717) is 6.42 Å². The molecular formula is C12H13BrO2. The maximum absolute atomic E-state index is 10.5. The van der Waals surface area contributed by atoms with Crippen molar-refractivity contribution in [2.75, 3.05) is 0 Å². The molecule has 0 saturated heterocycles. The van der Waals surface area contributed by atoms with Crippen molar-refractivity contribution in [1.29, 1.82) is 0 Å². The van der Waals surface area contributed by atoms with Crippen LogP contribution in [0.5, 0.6) is 0 Å². The number of rotatable bonds is 3. The molecule has 1 aromatic carbocycles. The Morgan fingerprint density at radius 3 is 2.93 bits per heavy atom. The summed E-state index contributed by atoms with van der Waals surface area (Å²) in [4.78, 5) is 10.5. The Morgan fingerprint density at radius 1 is 1.40 bits per heavy atom. The van der Waals surface area contributed by atoms with Gasteiger partial charge < -0.3 is 5.11 Å². The van der Waals surface area contributed by atoms with Gasteiger partial charge in [0.15, 0.2) is 0 Å². The molecule has 1 aromatic rings. The smallest absolute Gasteiger partial charge is 0.303 e. The van der Waals surface area contributed by atoms with Crippen LogP contribution >= 0.6 is 15.9 Å². The third kappa shape index (κ3) is 2.40. The van der Waals surface area contributed by atoms with Crippen LogP contribution in [0.2, 0.25) is 0 Å². The van der Waals surface area contributed by atoms with Gasteiger partial charge in [0.25, 0.3) is 0 Å². The van der Waals surface area contributed by atoms with Crippen molar-refractivity contribution in [3.63, 3.8) is 0 Å². The number of benzene rings is 1. The van der Waals surface area contributed by atoms with Crippen molar-refractivity contribution >= 4 is 21.9 Å². The molecular weight excluding hydrogens is 256 g/mol. The largest absolute Gasteiger partial charge is 0.481 e. The molecule has 1 aliphatic rings. The number of carbonyl (C=O) groups is 1. The first-order valence-electron chi connectivity index (χ1n) is 5.19. The van der Waals surface area contributed by atoms with Gasteiger partial charge in [-0.3, -0.25) is 4.79 Å². The van der Waals surface area contributed by atoms with Crippen LogP contribution in [0.25, 0.3) is 0 Å². The molecule has 3 heteroatoms. The summed E-state index contributed by atoms with van der Waals surface area (Å²) in [5.41, 5.74) is 3.99. The summed E-state index contributed by atoms with van der Waals surface area (Å²) in [5, 5.41) is 8.68. The van der Waals surface area contributed by atoms with E-state index in [1.165, 1.54) is 23.1 Å². The van der Waals surface area contributed by atoms with Crippen molar-refractivity contribution in [3.8, 4) is 0 Å². The number of hydrogen-bond donors (Lipinski definition) is 1. The first kappa shape index (κ1) is 10.7. The van der Waals surface area contributed by atoms with Gasteiger partial charge in [-0.2, -0.15) is 0 Å². The molecule has 0 bridgehead atoms. The topological polar surface area (TPSA) is 37.3 Å². The van der Waals surface area contributed by atoms with Gasteiger partial charge in [0, 0.05) is 10.9 Å². The fourth-order valence-corrected chi connectivity index (χ4v) is 2.77. The summed E-state index contributed by atoms with van der Waals surface area (Å²) in [7, 11) is 0. The molecule has 0 heterocycles. The monoisotopic (exact) mass is 268 g/mol. The van der Waals surface area contributed by atoms with Crippen LogP contribution in [0.3, 0.4) is 0 Å². The van der Waals surface area contributed by atoms with Crippen molar-refractivity contribution in [2.45, 2.75) is 32.1 Å². The van der Waals surface area contributed by atoms with Gasteiger partial charge in [-0.1, -0.05) is 15.9 Å². The second-order valence-electron chi connectivity index (χ2n) is 3.95. The average Bonchev–Trinajstić information content (AvgIpc) is 2.61. The lowest BCUT2D eigenvalue weighted by Crippen LogP contribution is -2.00. The number of carboxylic acids is 1. The Morgan fingerprint density at radius 2 is 2.20 bits per heavy atom. The molecule has 1 aliphatic carbocycles. The van der Waals surface area contributed by atoms with E-state index in [0.717, 1.165) is 17.3 Å². The highest BCUT2D eigenvalue weighted by atomic mass is 79.9. The molecule has 0 unspecified atom stereocenters. The number of hydrogen-bond acceptors (Lipinski definition) is 1. The molecule has 0 spiro atoms. The maximum atomic E-state index is 10.5. The summed E-state index contributed by atoms with van der Waals surface area (Å²) >= 11 is 3.48. The molecule has 0 amide bonds. The molecule has 15 heavy (non-hydrogen) atoms. The lowest BCUT2D eigenvalue weighted by molar-refractivity contribution is -0.136. The lowest BCUT2D eigenvalue weighted by atomic mass is 10.00. The minimum Gasteiger partial charge on any atom is -0.481 e. The highest BCUT2D eigenvalue weighted by molar-refractivity contribution is 9.10. The van der Waals surface area contributed by atoms with Crippen LogP contribution in [0.15, 0.2) is 16.6 Å². The quantitative estimate of drug-likeness (QED) is 0.916. The van der Waals surface area contributed by atoms with Crippen LogP contribution in [0, 0.1) is 0 Å². The Balaban J connectivity index is 2.26. The van der Waals surface area contributed by atoms with Gasteiger partial charge in [0.05, 0.1) is 0 Å². The highest BCUT2D eigenvalue weighted by Gasteiger charge is 2.16. The molecule has 2 rings (SSSR count). The summed E-state index contributed by atoms with van der Waals surface area (Å²) in [5.74, 6) is -0.721. The van der Waals surface area contributed by atoms with E-state index in [9.17, 15) is 4.79 Å². The molecule has 0 saturated carbocycles. The molecule has 2 nitrogen and oxygen atoms in total. The van der Waals surface area contributed by atoms with Gasteiger partial charge in [-0.25, -0.2) is 0 Å². The Bertz CT molecular complexity index is 399. The third-order valence-electron chi connectivity index (χ3n) is 2.88. The van der Waals surface area contributed by atoms with Crippen molar-refractivity contribution < 1.29 is 9.90 Å². The van der Waals surface area contributed by atoms with E-state index in [4.69, 9.17) is 5.11 Å². The van der Waals surface area contributed by atoms with Crippen molar-refractivity contribution in [1.82, 2.24) is 0 Å². The predicted octanol–water partition coefficient (Wildman–Crippen LogP) is 2.96. The van der Waals surface area contributed by atoms with E-state index >= 15 is 0 Å². The van der Waals surface area contributed by atoms with Crippen LogP contribution < -0.4 is 0 Å². The summed E-state index contributed by atoms with van der Waals surface area (Å²) in [6, 6.07) is 4.22. The van der Waals surface area contributed by atoms with E-state index in [1.807, 2.05) is 0 Å². The van der Waals surface area contributed by atoms with E-state index in [1.54, 1.807) is 0 Å². The molecule has 0 fully saturated rings. The Hall–Kier alpha value is -0.830. The number of fused-ring (bicyclic) bond motifs is 1. The van der Waals surface area contributed by atoms with Gasteiger partial charge in [0.1, 0.15) is 0 Å². The molecule has 0 radical (unpaired) electrons. The number of aryl methyl sites for hydroxylation is 2. The second kappa shape index (κ2) is 4.35. The van der Waals surface area contributed by atoms with Crippen LogP contribution in [0.4, 0.5) is 0 Å². The van der Waals surface area contributed by atoms with Crippen molar-refractivity contribution in [3.05, 3.63) is 33.3 Å². The fourth-order valence-electron chi connectivity index (χ4n) is 2.22. The first-order valence-corrected chi connectivity index (χ1v) is 5.98. The lowest BCUT2D eigenvalue weighted by Gasteiger charge is -2.08. The summed E-state index contributed by atoms with van der Waals surface area (Å²) in [6.07, 6.45) is 4.32. The molecule has 80 valence electrons. The zero-order chi connectivity index (χ0) is 10.8. The van der Waals surface area contributed by atoms with Gasteiger partial charge in [0.2, 0.25) is 0 Å². The Labute approximate surface area is 97.4 Å². The van der Waals surface area contributed by atoms with Gasteiger partial charge >= 0.3 is 5.97 Å². The molecule has 0 aromatic heterocycles. The van der Waals surface area contributed by atoms with E-state index in [2.05, 4.69) is 28.1 Å². The average molecular weight is 269 g/mol. The predicted molar refractivity (Wildman–Crippen MR) is 62.1 cm³/mol. The number of carboxylic acid groups (broad SMARTS) is 1. The Kier molecular flexibility index (Phi) is 3.10. The number of aliphatic carboxylic acids is 1. The SMILES string of the molecule is O=C(O)CCc1cc(Br)cc2c1CCC2. The maximum Gasteiger partial charge on any atom is 0.303 e. The van der Waals surface area contributed by atoms with Gasteiger partial charge in [-0.05, 0) is 54.5 Å². The standard InChI is InChI=1S/C12H13BrO2/c13-10-6-8-2-1-3-11(8)9(7-10)4-5-12(14)15/h6-7H,1-5H2,(H,14,15). The zero-order valence-electron chi connectivity index (χ0n) is 8.42. The van der Waals surface area contributed by atoms with Crippen molar-refractivity contribution in [2.24, 2.45) is 0 Å². The fraction of sp³-hybridized carbons (Fsp3) is 0.417. The number of halogens is 1. The van der Waals surface area contributed by atoms with Gasteiger partial charge in [-0.15, -0.1) is 0 Å². The van der Waals surface area contributed by atoms with Crippen LogP contribution in [-0.2, 0) is 24.1 Å². The normalized spacial score (nSPS) is 13.9. The van der Waals surface area contributed by atoms with E-state index in [-0.39, 0.29) is 6.42 Å². The highest BCUT2D eigenvalue weighted by Crippen LogP contribution is 2.29. The minimum atomic E-state index is -0.721. The van der Waals surface area contributed by atoms with Crippen LogP contribution in [-0.4, -0.2) is 11.1 Å². The second-order valence-corrected chi connectivity index (χ2v) is 4.87. The van der Waals surface area contributed by atoms with E-state index < -0.39 is 5.97 Å².